The van der Waals surface area contributed by atoms with Gasteiger partial charge < -0.3 is 9.84 Å². The molecule has 1 N–H and O–H groups in total. The first kappa shape index (κ1) is 15.0. The molecule has 1 aromatic carbocycles. The molecule has 20 heavy (non-hydrogen) atoms. The van der Waals surface area contributed by atoms with Crippen molar-refractivity contribution in [3.8, 4) is 0 Å². The second kappa shape index (κ2) is 5.16. The predicted octanol–water partition coefficient (Wildman–Crippen LogP) is 1.18. The molecule has 0 aliphatic carbocycles. The summed E-state index contributed by atoms with van der Waals surface area (Å²) in [5.41, 5.74) is -0.701. The van der Waals surface area contributed by atoms with Gasteiger partial charge in [-0.1, -0.05) is 6.07 Å². The molecule has 6 nitrogen and oxygen atoms in total. The van der Waals surface area contributed by atoms with Gasteiger partial charge in [0.1, 0.15) is 0 Å². The van der Waals surface area contributed by atoms with Crippen LogP contribution < -0.4 is 0 Å². The Morgan fingerprint density at radius 1 is 1.40 bits per heavy atom. The van der Waals surface area contributed by atoms with E-state index < -0.39 is 21.5 Å². The van der Waals surface area contributed by atoms with Crippen molar-refractivity contribution in [2.45, 2.75) is 24.3 Å². The highest BCUT2D eigenvalue weighted by atomic mass is 32.2. The molecular weight excluding hydrogens is 282 g/mol. The van der Waals surface area contributed by atoms with Crippen LogP contribution in [0.1, 0.15) is 24.2 Å². The predicted molar refractivity (Wildman–Crippen MR) is 72.2 cm³/mol. The van der Waals surface area contributed by atoms with E-state index in [9.17, 15) is 13.2 Å². The van der Waals surface area contributed by atoms with Crippen LogP contribution in [0.2, 0.25) is 0 Å². The fraction of sp³-hybridized carbons (Fsp3) is 0.462. The quantitative estimate of drug-likeness (QED) is 0.906. The molecule has 1 aliphatic heterocycles. The molecule has 0 spiro atoms. The molecule has 1 saturated heterocycles. The molecule has 0 atom stereocenters. The van der Waals surface area contributed by atoms with E-state index in [1.807, 2.05) is 0 Å². The van der Waals surface area contributed by atoms with Gasteiger partial charge in [0, 0.05) is 6.54 Å². The topological polar surface area (TPSA) is 83.9 Å². The van der Waals surface area contributed by atoms with E-state index in [0.29, 0.717) is 13.2 Å². The largest absolute Gasteiger partial charge is 0.478 e. The highest BCUT2D eigenvalue weighted by molar-refractivity contribution is 7.89. The van der Waals surface area contributed by atoms with Crippen molar-refractivity contribution in [3.63, 3.8) is 0 Å². The summed E-state index contributed by atoms with van der Waals surface area (Å²) in [5.74, 6) is -1.15. The highest BCUT2D eigenvalue weighted by Crippen LogP contribution is 2.27. The molecule has 1 fully saturated rings. The summed E-state index contributed by atoms with van der Waals surface area (Å²) in [4.78, 5) is 10.9. The number of carboxylic acid groups (broad SMARTS) is 1. The third-order valence-electron chi connectivity index (χ3n) is 3.24. The summed E-state index contributed by atoms with van der Waals surface area (Å²) >= 11 is 0. The first-order valence-corrected chi connectivity index (χ1v) is 7.63. The van der Waals surface area contributed by atoms with Crippen LogP contribution >= 0.6 is 0 Å². The van der Waals surface area contributed by atoms with E-state index in [-0.39, 0.29) is 17.0 Å². The summed E-state index contributed by atoms with van der Waals surface area (Å²) in [6, 6.07) is 5.39. The van der Waals surface area contributed by atoms with E-state index in [0.717, 1.165) is 0 Å². The smallest absolute Gasteiger partial charge is 0.335 e. The zero-order valence-electron chi connectivity index (χ0n) is 11.4. The molecule has 7 heteroatoms. The molecule has 1 aromatic rings. The Labute approximate surface area is 118 Å². The first-order valence-electron chi connectivity index (χ1n) is 6.19. The summed E-state index contributed by atoms with van der Waals surface area (Å²) in [5, 5.41) is 8.96. The molecule has 0 saturated carbocycles. The second-order valence-electron chi connectivity index (χ2n) is 5.28. The number of morpholine rings is 1. The number of hydrogen-bond acceptors (Lipinski definition) is 4. The van der Waals surface area contributed by atoms with Gasteiger partial charge in [-0.25, -0.2) is 13.2 Å². The Bertz CT molecular complexity index is 623. The van der Waals surface area contributed by atoms with Crippen LogP contribution in [0.4, 0.5) is 0 Å². The monoisotopic (exact) mass is 299 g/mol. The molecule has 0 bridgehead atoms. The zero-order chi connectivity index (χ0) is 15.0. The molecular formula is C13H17NO5S. The van der Waals surface area contributed by atoms with Crippen molar-refractivity contribution in [1.29, 1.82) is 0 Å². The molecule has 110 valence electrons. The minimum absolute atomic E-state index is 0.00706. The van der Waals surface area contributed by atoms with Crippen LogP contribution in [0.15, 0.2) is 29.2 Å². The number of carboxylic acids is 1. The van der Waals surface area contributed by atoms with Crippen molar-refractivity contribution >= 4 is 16.0 Å². The van der Waals surface area contributed by atoms with Gasteiger partial charge in [0.2, 0.25) is 10.0 Å². The average Bonchev–Trinajstić information content (AvgIpc) is 2.38. The van der Waals surface area contributed by atoms with E-state index in [1.165, 1.54) is 28.6 Å². The van der Waals surface area contributed by atoms with Crippen molar-refractivity contribution < 1.29 is 23.1 Å². The Balaban J connectivity index is 2.44. The molecule has 1 aliphatic rings. The van der Waals surface area contributed by atoms with Gasteiger partial charge in [0.15, 0.2) is 0 Å². The summed E-state index contributed by atoms with van der Waals surface area (Å²) in [7, 11) is -3.74. The standard InChI is InChI=1S/C13H17NO5S/c1-13(2)9-19-7-6-14(13)20(17,18)11-5-3-4-10(8-11)12(15)16/h3-5,8H,6-7,9H2,1-2H3,(H,15,16). The fourth-order valence-corrected chi connectivity index (χ4v) is 4.01. The lowest BCUT2D eigenvalue weighted by Crippen LogP contribution is -2.55. The maximum Gasteiger partial charge on any atom is 0.335 e. The van der Waals surface area contributed by atoms with Crippen LogP contribution in [-0.2, 0) is 14.8 Å². The van der Waals surface area contributed by atoms with E-state index in [4.69, 9.17) is 9.84 Å². The van der Waals surface area contributed by atoms with Crippen molar-refractivity contribution in [2.75, 3.05) is 19.8 Å². The maximum atomic E-state index is 12.7. The Morgan fingerprint density at radius 2 is 2.10 bits per heavy atom. The minimum Gasteiger partial charge on any atom is -0.478 e. The molecule has 1 heterocycles. The highest BCUT2D eigenvalue weighted by Gasteiger charge is 2.39. The van der Waals surface area contributed by atoms with Crippen molar-refractivity contribution in [2.24, 2.45) is 0 Å². The molecule has 2 rings (SSSR count). The Kier molecular flexibility index (Phi) is 3.86. The van der Waals surface area contributed by atoms with Crippen LogP contribution in [0.5, 0.6) is 0 Å². The molecule has 0 unspecified atom stereocenters. The second-order valence-corrected chi connectivity index (χ2v) is 7.14. The number of rotatable bonds is 3. The first-order chi connectivity index (χ1) is 9.25. The Hall–Kier alpha value is -1.44. The van der Waals surface area contributed by atoms with Crippen molar-refractivity contribution in [3.05, 3.63) is 29.8 Å². The van der Waals surface area contributed by atoms with E-state index in [1.54, 1.807) is 13.8 Å². The summed E-state index contributed by atoms with van der Waals surface area (Å²) in [6.07, 6.45) is 0. The zero-order valence-corrected chi connectivity index (χ0v) is 12.2. The van der Waals surface area contributed by atoms with E-state index >= 15 is 0 Å². The minimum atomic E-state index is -3.74. The fourth-order valence-electron chi connectivity index (χ4n) is 2.21. The van der Waals surface area contributed by atoms with Gasteiger partial charge in [-0.2, -0.15) is 4.31 Å². The van der Waals surface area contributed by atoms with Gasteiger partial charge in [0.25, 0.3) is 0 Å². The lowest BCUT2D eigenvalue weighted by atomic mass is 10.1. The van der Waals surface area contributed by atoms with Gasteiger partial charge in [-0.15, -0.1) is 0 Å². The van der Waals surface area contributed by atoms with Gasteiger partial charge in [-0.3, -0.25) is 0 Å². The van der Waals surface area contributed by atoms with Crippen LogP contribution in [0.3, 0.4) is 0 Å². The lowest BCUT2D eigenvalue weighted by Gasteiger charge is -2.40. The summed E-state index contributed by atoms with van der Waals surface area (Å²) in [6.45, 7) is 4.47. The van der Waals surface area contributed by atoms with Crippen LogP contribution in [-0.4, -0.2) is 49.1 Å². The molecule has 0 radical (unpaired) electrons. The third-order valence-corrected chi connectivity index (χ3v) is 5.34. The Morgan fingerprint density at radius 3 is 2.70 bits per heavy atom. The lowest BCUT2D eigenvalue weighted by molar-refractivity contribution is -0.00770. The SMILES string of the molecule is CC1(C)COCCN1S(=O)(=O)c1cccc(C(=O)O)c1. The van der Waals surface area contributed by atoms with Crippen molar-refractivity contribution in [1.82, 2.24) is 4.31 Å². The molecule has 0 amide bonds. The summed E-state index contributed by atoms with van der Waals surface area (Å²) < 4.78 is 32.0. The normalized spacial score (nSPS) is 19.7. The van der Waals surface area contributed by atoms with Crippen LogP contribution in [0, 0.1) is 0 Å². The van der Waals surface area contributed by atoms with Gasteiger partial charge in [-0.05, 0) is 32.0 Å². The number of aromatic carboxylic acids is 1. The number of benzene rings is 1. The number of ether oxygens (including phenoxy) is 1. The number of carbonyl (C=O) groups is 1. The molecule has 0 aromatic heterocycles. The third kappa shape index (κ3) is 2.70. The van der Waals surface area contributed by atoms with Crippen LogP contribution in [0.25, 0.3) is 0 Å². The number of sulfonamides is 1. The number of nitrogens with zero attached hydrogens (tertiary/aromatic N) is 1. The average molecular weight is 299 g/mol. The maximum absolute atomic E-state index is 12.7. The van der Waals surface area contributed by atoms with Gasteiger partial charge >= 0.3 is 5.97 Å². The number of hydrogen-bond donors (Lipinski definition) is 1. The van der Waals surface area contributed by atoms with E-state index in [2.05, 4.69) is 0 Å². The van der Waals surface area contributed by atoms with Gasteiger partial charge in [0.05, 0.1) is 29.2 Å².